The van der Waals surface area contributed by atoms with Gasteiger partial charge in [-0.3, -0.25) is 4.79 Å². The van der Waals surface area contributed by atoms with Crippen LogP contribution in [0.15, 0.2) is 54.7 Å². The van der Waals surface area contributed by atoms with Gasteiger partial charge in [-0.1, -0.05) is 6.07 Å². The number of nitrogens with zero attached hydrogens (tertiary/aromatic N) is 1. The lowest BCUT2D eigenvalue weighted by atomic mass is 10.1. The monoisotopic (exact) mass is 370 g/mol. The van der Waals surface area contributed by atoms with E-state index >= 15 is 0 Å². The number of aromatic nitrogens is 1. The molecule has 3 rings (SSSR count). The number of aryl methyl sites for hydroxylation is 1. The summed E-state index contributed by atoms with van der Waals surface area (Å²) in [5.74, 6) is -1.87. The number of hydrogen-bond acceptors (Lipinski definition) is 4. The third-order valence-electron chi connectivity index (χ3n) is 3.85. The predicted octanol–water partition coefficient (Wildman–Crippen LogP) is 4.10. The maximum atomic E-state index is 13.8. The van der Waals surface area contributed by atoms with Crippen molar-refractivity contribution in [3.8, 4) is 17.4 Å². The van der Waals surface area contributed by atoms with E-state index in [4.69, 9.17) is 4.74 Å². The van der Waals surface area contributed by atoms with Crippen molar-refractivity contribution in [2.24, 2.45) is 0 Å². The van der Waals surface area contributed by atoms with Crippen molar-refractivity contribution in [1.29, 1.82) is 0 Å². The Morgan fingerprint density at radius 1 is 1.19 bits per heavy atom. The molecule has 0 fully saturated rings. The summed E-state index contributed by atoms with van der Waals surface area (Å²) in [7, 11) is 0. The van der Waals surface area contributed by atoms with Gasteiger partial charge < -0.3 is 15.2 Å². The summed E-state index contributed by atoms with van der Waals surface area (Å²) < 4.78 is 32.2. The van der Waals surface area contributed by atoms with Crippen LogP contribution in [-0.4, -0.2) is 16.0 Å². The lowest BCUT2D eigenvalue weighted by Gasteiger charge is -2.11. The second kappa shape index (κ2) is 7.82. The molecule has 0 atom stereocenters. The molecule has 1 aromatic heterocycles. The number of halogens is 2. The fraction of sp³-hybridized carbons (Fsp3) is 0.100. The summed E-state index contributed by atoms with van der Waals surface area (Å²) in [5, 5.41) is 12.3. The number of aromatic hydroxyl groups is 1. The summed E-state index contributed by atoms with van der Waals surface area (Å²) in [4.78, 5) is 16.3. The van der Waals surface area contributed by atoms with Crippen LogP contribution in [0.2, 0.25) is 0 Å². The van der Waals surface area contributed by atoms with Gasteiger partial charge in [0.25, 0.3) is 5.91 Å². The second-order valence-corrected chi connectivity index (χ2v) is 5.83. The first-order chi connectivity index (χ1) is 12.9. The van der Waals surface area contributed by atoms with E-state index in [-0.39, 0.29) is 29.8 Å². The minimum absolute atomic E-state index is 0.0880. The minimum Gasteiger partial charge on any atom is -0.508 e. The zero-order valence-corrected chi connectivity index (χ0v) is 14.4. The molecule has 0 aliphatic carbocycles. The molecule has 0 spiro atoms. The Morgan fingerprint density at radius 2 is 2.00 bits per heavy atom. The van der Waals surface area contributed by atoms with Crippen LogP contribution in [0.4, 0.5) is 8.78 Å². The van der Waals surface area contributed by atoms with E-state index in [1.165, 1.54) is 24.4 Å². The van der Waals surface area contributed by atoms with Crippen molar-refractivity contribution < 1.29 is 23.4 Å². The van der Waals surface area contributed by atoms with Gasteiger partial charge in [0, 0.05) is 29.9 Å². The highest BCUT2D eigenvalue weighted by Gasteiger charge is 2.13. The number of rotatable bonds is 5. The average molecular weight is 370 g/mol. The van der Waals surface area contributed by atoms with Gasteiger partial charge in [-0.2, -0.15) is 0 Å². The van der Waals surface area contributed by atoms with E-state index in [2.05, 4.69) is 10.3 Å². The van der Waals surface area contributed by atoms with Gasteiger partial charge in [0.15, 0.2) is 11.6 Å². The van der Waals surface area contributed by atoms with Crippen LogP contribution in [0.5, 0.6) is 17.4 Å². The van der Waals surface area contributed by atoms with Crippen LogP contribution in [0.1, 0.15) is 21.5 Å². The number of hydrogen-bond donors (Lipinski definition) is 2. The molecule has 0 aliphatic rings. The molecule has 1 amide bonds. The lowest BCUT2D eigenvalue weighted by Crippen LogP contribution is -2.23. The molecule has 2 aromatic carbocycles. The van der Waals surface area contributed by atoms with E-state index in [0.717, 1.165) is 6.07 Å². The van der Waals surface area contributed by atoms with Crippen molar-refractivity contribution in [3.05, 3.63) is 83.1 Å². The molecule has 0 aliphatic heterocycles. The molecule has 3 aromatic rings. The molecular formula is C20H16F2N2O3. The molecule has 0 radical (unpaired) electrons. The third kappa shape index (κ3) is 4.38. The van der Waals surface area contributed by atoms with E-state index in [1.54, 1.807) is 25.1 Å². The van der Waals surface area contributed by atoms with E-state index in [1.807, 2.05) is 0 Å². The molecule has 2 N–H and O–H groups in total. The van der Waals surface area contributed by atoms with Crippen molar-refractivity contribution in [3.63, 3.8) is 0 Å². The Kier molecular flexibility index (Phi) is 5.30. The van der Waals surface area contributed by atoms with Crippen LogP contribution in [0.3, 0.4) is 0 Å². The van der Waals surface area contributed by atoms with Gasteiger partial charge in [0.2, 0.25) is 5.88 Å². The first-order valence-corrected chi connectivity index (χ1v) is 8.08. The fourth-order valence-electron chi connectivity index (χ4n) is 2.39. The van der Waals surface area contributed by atoms with Crippen LogP contribution in [0.25, 0.3) is 0 Å². The number of benzene rings is 2. The molecule has 138 valence electrons. The largest absolute Gasteiger partial charge is 0.508 e. The summed E-state index contributed by atoms with van der Waals surface area (Å²) in [5.41, 5.74) is 1.49. The Balaban J connectivity index is 1.74. The summed E-state index contributed by atoms with van der Waals surface area (Å²) >= 11 is 0. The zero-order chi connectivity index (χ0) is 19.4. The van der Waals surface area contributed by atoms with E-state index in [0.29, 0.717) is 22.8 Å². The maximum absolute atomic E-state index is 13.8. The Hall–Kier alpha value is -3.48. The standard InChI is InChI=1S/C20H16F2N2O3/c1-12-9-13(4-6-17(12)25)19(26)24-11-14-3-2-8-23-20(14)27-18-7-5-15(21)10-16(18)22/h2-10,25H,11H2,1H3,(H,24,26). The molecular weight excluding hydrogens is 354 g/mol. The highest BCUT2D eigenvalue weighted by molar-refractivity contribution is 5.94. The zero-order valence-electron chi connectivity index (χ0n) is 14.4. The molecule has 0 saturated heterocycles. The van der Waals surface area contributed by atoms with Gasteiger partial charge in [-0.25, -0.2) is 13.8 Å². The number of nitrogens with one attached hydrogen (secondary N) is 1. The first-order valence-electron chi connectivity index (χ1n) is 8.08. The van der Waals surface area contributed by atoms with Crippen LogP contribution >= 0.6 is 0 Å². The topological polar surface area (TPSA) is 71.5 Å². The molecule has 1 heterocycles. The normalized spacial score (nSPS) is 10.5. The SMILES string of the molecule is Cc1cc(C(=O)NCc2cccnc2Oc2ccc(F)cc2F)ccc1O. The van der Waals surface area contributed by atoms with Gasteiger partial charge in [0.1, 0.15) is 11.6 Å². The quantitative estimate of drug-likeness (QED) is 0.709. The number of phenolic OH excluding ortho intramolecular Hbond substituents is 1. The Labute approximate surface area is 154 Å². The summed E-state index contributed by atoms with van der Waals surface area (Å²) in [6.45, 7) is 1.78. The first kappa shape index (κ1) is 18.3. The number of carbonyl (C=O) groups is 1. The second-order valence-electron chi connectivity index (χ2n) is 5.83. The molecule has 5 nitrogen and oxygen atoms in total. The van der Waals surface area contributed by atoms with Crippen molar-refractivity contribution in [1.82, 2.24) is 10.3 Å². The molecule has 27 heavy (non-hydrogen) atoms. The van der Waals surface area contributed by atoms with Gasteiger partial charge in [-0.15, -0.1) is 0 Å². The van der Waals surface area contributed by atoms with E-state index < -0.39 is 11.6 Å². The summed E-state index contributed by atoms with van der Waals surface area (Å²) in [6, 6.07) is 10.8. The van der Waals surface area contributed by atoms with Gasteiger partial charge in [0.05, 0.1) is 0 Å². The molecule has 7 heteroatoms. The number of amides is 1. The number of carbonyl (C=O) groups excluding carboxylic acids is 1. The number of phenols is 1. The lowest BCUT2D eigenvalue weighted by molar-refractivity contribution is 0.0950. The molecule has 0 unspecified atom stereocenters. The van der Waals surface area contributed by atoms with Crippen LogP contribution < -0.4 is 10.1 Å². The molecule has 0 saturated carbocycles. The Bertz CT molecular complexity index is 993. The third-order valence-corrected chi connectivity index (χ3v) is 3.85. The Morgan fingerprint density at radius 3 is 2.74 bits per heavy atom. The van der Waals surface area contributed by atoms with E-state index in [9.17, 15) is 18.7 Å². The minimum atomic E-state index is -0.852. The molecule has 0 bridgehead atoms. The van der Waals surface area contributed by atoms with Crippen LogP contribution in [-0.2, 0) is 6.54 Å². The number of ether oxygens (including phenoxy) is 1. The number of pyridine rings is 1. The van der Waals surface area contributed by atoms with Crippen molar-refractivity contribution in [2.75, 3.05) is 0 Å². The maximum Gasteiger partial charge on any atom is 0.251 e. The van der Waals surface area contributed by atoms with Gasteiger partial charge in [-0.05, 0) is 48.9 Å². The van der Waals surface area contributed by atoms with Crippen molar-refractivity contribution in [2.45, 2.75) is 13.5 Å². The smallest absolute Gasteiger partial charge is 0.251 e. The van der Waals surface area contributed by atoms with Gasteiger partial charge >= 0.3 is 0 Å². The fourth-order valence-corrected chi connectivity index (χ4v) is 2.39. The van der Waals surface area contributed by atoms with Crippen molar-refractivity contribution >= 4 is 5.91 Å². The highest BCUT2D eigenvalue weighted by atomic mass is 19.1. The average Bonchev–Trinajstić information content (AvgIpc) is 2.65. The van der Waals surface area contributed by atoms with Crippen LogP contribution in [0, 0.1) is 18.6 Å². The highest BCUT2D eigenvalue weighted by Crippen LogP contribution is 2.26. The predicted molar refractivity (Wildman–Crippen MR) is 94.7 cm³/mol. The summed E-state index contributed by atoms with van der Waals surface area (Å²) in [6.07, 6.45) is 1.46.